The molecule has 0 saturated carbocycles. The number of thiazole rings is 1. The van der Waals surface area contributed by atoms with Crippen LogP contribution >= 0.6 is 11.3 Å². The fourth-order valence-electron chi connectivity index (χ4n) is 2.27. The van der Waals surface area contributed by atoms with Gasteiger partial charge in [-0.2, -0.15) is 5.10 Å². The SMILES string of the molecule is CC(C)Cc1nc(C(=O)Nc2ccc(-c3n[nH]c(CN)n3)cc2)cs1. The van der Waals surface area contributed by atoms with Crippen molar-refractivity contribution < 1.29 is 4.79 Å². The number of amides is 1. The quantitative estimate of drug-likeness (QED) is 0.629. The molecule has 0 aliphatic carbocycles. The van der Waals surface area contributed by atoms with Crippen LogP contribution in [0.1, 0.15) is 35.2 Å². The molecule has 0 bridgehead atoms. The van der Waals surface area contributed by atoms with Crippen LogP contribution in [-0.2, 0) is 13.0 Å². The summed E-state index contributed by atoms with van der Waals surface area (Å²) in [4.78, 5) is 21.0. The largest absolute Gasteiger partial charge is 0.324 e. The van der Waals surface area contributed by atoms with Gasteiger partial charge in [0.15, 0.2) is 5.82 Å². The molecule has 8 heteroatoms. The van der Waals surface area contributed by atoms with E-state index >= 15 is 0 Å². The van der Waals surface area contributed by atoms with E-state index in [4.69, 9.17) is 5.73 Å². The molecule has 0 fully saturated rings. The van der Waals surface area contributed by atoms with Crippen molar-refractivity contribution in [1.82, 2.24) is 20.2 Å². The molecule has 0 aliphatic heterocycles. The minimum atomic E-state index is -0.206. The van der Waals surface area contributed by atoms with Crippen LogP contribution in [0.3, 0.4) is 0 Å². The molecule has 0 radical (unpaired) electrons. The predicted molar refractivity (Wildman–Crippen MR) is 98.3 cm³/mol. The molecule has 25 heavy (non-hydrogen) atoms. The van der Waals surface area contributed by atoms with E-state index in [-0.39, 0.29) is 5.91 Å². The highest BCUT2D eigenvalue weighted by molar-refractivity contribution is 7.09. The Balaban J connectivity index is 1.66. The zero-order chi connectivity index (χ0) is 17.8. The molecule has 1 amide bonds. The second kappa shape index (κ2) is 7.54. The standard InChI is InChI=1S/C17H20N6OS/c1-10(2)7-15-20-13(9-25-15)17(24)19-12-5-3-11(4-6-12)16-21-14(8-18)22-23-16/h3-6,9-10H,7-8,18H2,1-2H3,(H,19,24)(H,21,22,23). The fraction of sp³-hybridized carbons (Fsp3) is 0.294. The van der Waals surface area contributed by atoms with E-state index in [0.29, 0.717) is 35.5 Å². The lowest BCUT2D eigenvalue weighted by molar-refractivity contribution is 0.102. The smallest absolute Gasteiger partial charge is 0.275 e. The zero-order valence-electron chi connectivity index (χ0n) is 14.1. The van der Waals surface area contributed by atoms with Crippen molar-refractivity contribution in [2.24, 2.45) is 11.7 Å². The molecule has 3 aromatic rings. The van der Waals surface area contributed by atoms with E-state index in [0.717, 1.165) is 17.0 Å². The predicted octanol–water partition coefficient (Wildman–Crippen LogP) is 2.84. The summed E-state index contributed by atoms with van der Waals surface area (Å²) in [5.41, 5.74) is 7.51. The van der Waals surface area contributed by atoms with Gasteiger partial charge in [0, 0.05) is 23.1 Å². The summed E-state index contributed by atoms with van der Waals surface area (Å²) >= 11 is 1.52. The van der Waals surface area contributed by atoms with Crippen molar-refractivity contribution in [2.45, 2.75) is 26.8 Å². The van der Waals surface area contributed by atoms with Gasteiger partial charge in [-0.15, -0.1) is 11.3 Å². The molecule has 0 saturated heterocycles. The summed E-state index contributed by atoms with van der Waals surface area (Å²) in [6, 6.07) is 7.33. The molecule has 130 valence electrons. The number of hydrogen-bond acceptors (Lipinski definition) is 6. The van der Waals surface area contributed by atoms with E-state index in [1.807, 2.05) is 24.3 Å². The van der Waals surface area contributed by atoms with Gasteiger partial charge in [-0.1, -0.05) is 13.8 Å². The van der Waals surface area contributed by atoms with Gasteiger partial charge < -0.3 is 11.1 Å². The second-order valence-electron chi connectivity index (χ2n) is 6.07. The van der Waals surface area contributed by atoms with Gasteiger partial charge in [-0.05, 0) is 30.2 Å². The number of carbonyl (C=O) groups excluding carboxylic acids is 1. The molecule has 0 spiro atoms. The van der Waals surface area contributed by atoms with Crippen LogP contribution < -0.4 is 11.1 Å². The molecule has 2 heterocycles. The number of anilines is 1. The number of rotatable bonds is 6. The first-order valence-corrected chi connectivity index (χ1v) is 8.90. The normalized spacial score (nSPS) is 11.0. The fourth-order valence-corrected chi connectivity index (χ4v) is 3.26. The lowest BCUT2D eigenvalue weighted by Crippen LogP contribution is -2.12. The Morgan fingerprint density at radius 3 is 2.68 bits per heavy atom. The summed E-state index contributed by atoms with van der Waals surface area (Å²) in [7, 11) is 0. The molecule has 7 nitrogen and oxygen atoms in total. The number of benzene rings is 1. The van der Waals surface area contributed by atoms with E-state index in [1.165, 1.54) is 11.3 Å². The molecule has 2 aromatic heterocycles. The van der Waals surface area contributed by atoms with E-state index in [9.17, 15) is 4.79 Å². The maximum Gasteiger partial charge on any atom is 0.275 e. The monoisotopic (exact) mass is 356 g/mol. The van der Waals surface area contributed by atoms with Crippen LogP contribution in [0.5, 0.6) is 0 Å². The third kappa shape index (κ3) is 4.28. The van der Waals surface area contributed by atoms with E-state index in [1.54, 1.807) is 5.38 Å². The van der Waals surface area contributed by atoms with Crippen molar-refractivity contribution in [3.8, 4) is 11.4 Å². The number of nitrogens with zero attached hydrogens (tertiary/aromatic N) is 3. The van der Waals surface area contributed by atoms with Crippen molar-refractivity contribution in [1.29, 1.82) is 0 Å². The number of aromatic amines is 1. The van der Waals surface area contributed by atoms with Gasteiger partial charge in [0.1, 0.15) is 11.5 Å². The Bertz CT molecular complexity index is 852. The average molecular weight is 356 g/mol. The Morgan fingerprint density at radius 1 is 1.28 bits per heavy atom. The van der Waals surface area contributed by atoms with Crippen molar-refractivity contribution in [3.63, 3.8) is 0 Å². The van der Waals surface area contributed by atoms with Gasteiger partial charge in [-0.3, -0.25) is 9.89 Å². The van der Waals surface area contributed by atoms with Gasteiger partial charge in [0.25, 0.3) is 5.91 Å². The number of aromatic nitrogens is 4. The van der Waals surface area contributed by atoms with Gasteiger partial charge >= 0.3 is 0 Å². The summed E-state index contributed by atoms with van der Waals surface area (Å²) in [5.74, 6) is 1.52. The van der Waals surface area contributed by atoms with E-state index in [2.05, 4.69) is 39.3 Å². The van der Waals surface area contributed by atoms with Crippen LogP contribution in [0.15, 0.2) is 29.6 Å². The van der Waals surface area contributed by atoms with E-state index < -0.39 is 0 Å². The number of nitrogens with two attached hydrogens (primary N) is 1. The summed E-state index contributed by atoms with van der Waals surface area (Å²) in [6.45, 7) is 4.58. The van der Waals surface area contributed by atoms with Crippen LogP contribution in [-0.4, -0.2) is 26.1 Å². The third-order valence-electron chi connectivity index (χ3n) is 3.49. The minimum absolute atomic E-state index is 0.206. The first-order valence-electron chi connectivity index (χ1n) is 8.02. The Morgan fingerprint density at radius 2 is 2.04 bits per heavy atom. The third-order valence-corrected chi connectivity index (χ3v) is 4.36. The number of H-pyrrole nitrogens is 1. The number of hydrogen-bond donors (Lipinski definition) is 3. The van der Waals surface area contributed by atoms with Crippen LogP contribution in [0.25, 0.3) is 11.4 Å². The lowest BCUT2D eigenvalue weighted by Gasteiger charge is -2.04. The molecular weight excluding hydrogens is 336 g/mol. The Hall–Kier alpha value is -2.58. The maximum atomic E-state index is 12.3. The Kier molecular flexibility index (Phi) is 5.20. The zero-order valence-corrected chi connectivity index (χ0v) is 14.9. The highest BCUT2D eigenvalue weighted by Gasteiger charge is 2.12. The van der Waals surface area contributed by atoms with Gasteiger partial charge in [-0.25, -0.2) is 9.97 Å². The highest BCUT2D eigenvalue weighted by Crippen LogP contribution is 2.19. The average Bonchev–Trinajstić information content (AvgIpc) is 3.24. The first-order chi connectivity index (χ1) is 12.0. The molecule has 0 atom stereocenters. The van der Waals surface area contributed by atoms with Crippen molar-refractivity contribution in [3.05, 3.63) is 46.2 Å². The van der Waals surface area contributed by atoms with Crippen LogP contribution in [0, 0.1) is 5.92 Å². The Labute approximate surface area is 149 Å². The topological polar surface area (TPSA) is 110 Å². The van der Waals surface area contributed by atoms with Crippen molar-refractivity contribution >= 4 is 22.9 Å². The lowest BCUT2D eigenvalue weighted by atomic mass is 10.1. The minimum Gasteiger partial charge on any atom is -0.324 e. The first kappa shape index (κ1) is 17.2. The maximum absolute atomic E-state index is 12.3. The molecular formula is C17H20N6OS. The van der Waals surface area contributed by atoms with Crippen molar-refractivity contribution in [2.75, 3.05) is 5.32 Å². The van der Waals surface area contributed by atoms with Crippen LogP contribution in [0.2, 0.25) is 0 Å². The van der Waals surface area contributed by atoms with Crippen LogP contribution in [0.4, 0.5) is 5.69 Å². The second-order valence-corrected chi connectivity index (χ2v) is 7.01. The number of carbonyl (C=O) groups is 1. The molecule has 0 unspecified atom stereocenters. The summed E-state index contributed by atoms with van der Waals surface area (Å²) in [6.07, 6.45) is 0.883. The molecule has 1 aromatic carbocycles. The molecule has 4 N–H and O–H groups in total. The summed E-state index contributed by atoms with van der Waals surface area (Å²) < 4.78 is 0. The van der Waals surface area contributed by atoms with Gasteiger partial charge in [0.2, 0.25) is 0 Å². The van der Waals surface area contributed by atoms with Gasteiger partial charge in [0.05, 0.1) is 11.6 Å². The summed E-state index contributed by atoms with van der Waals surface area (Å²) in [5, 5.41) is 12.5. The number of nitrogens with one attached hydrogen (secondary N) is 2. The molecule has 0 aliphatic rings. The highest BCUT2D eigenvalue weighted by atomic mass is 32.1. The molecule has 3 rings (SSSR count).